The number of imidazole rings is 1. The topological polar surface area (TPSA) is 83.9 Å². The number of rotatable bonds is 4. The minimum atomic E-state index is -0.625. The molecule has 152 valence electrons. The van der Waals surface area contributed by atoms with E-state index in [-0.39, 0.29) is 24.1 Å². The van der Waals surface area contributed by atoms with Crippen molar-refractivity contribution in [1.29, 1.82) is 0 Å². The summed E-state index contributed by atoms with van der Waals surface area (Å²) in [5, 5.41) is 10.7. The summed E-state index contributed by atoms with van der Waals surface area (Å²) < 4.78 is 15.5. The van der Waals surface area contributed by atoms with Crippen molar-refractivity contribution in [1.82, 2.24) is 14.3 Å². The number of pyridine rings is 1. The molecule has 4 rings (SSSR count). The summed E-state index contributed by atoms with van der Waals surface area (Å²) in [6.45, 7) is 1.25. The molecule has 0 saturated carbocycles. The number of piperidine rings is 1. The highest BCUT2D eigenvalue weighted by atomic mass is 79.9. The number of hydrogen-bond donors (Lipinski definition) is 2. The SMILES string of the molecule is NCc1ccccc1CC1CCN(C(=O)c2cn3cc(F)cc(Br)c3n2)C[C@H]1O. The number of benzene rings is 1. The maximum absolute atomic E-state index is 13.6. The van der Waals surface area contributed by atoms with Gasteiger partial charge in [-0.1, -0.05) is 24.3 Å². The molecule has 2 atom stereocenters. The third-order valence-electron chi connectivity index (χ3n) is 5.52. The molecule has 0 aliphatic carbocycles. The van der Waals surface area contributed by atoms with Gasteiger partial charge in [0.05, 0.1) is 10.6 Å². The molecule has 1 amide bonds. The van der Waals surface area contributed by atoms with E-state index in [1.165, 1.54) is 22.9 Å². The first-order valence-electron chi connectivity index (χ1n) is 9.54. The average molecular weight is 461 g/mol. The molecule has 0 radical (unpaired) electrons. The van der Waals surface area contributed by atoms with Gasteiger partial charge in [0, 0.05) is 32.0 Å². The van der Waals surface area contributed by atoms with Gasteiger partial charge in [0.25, 0.3) is 5.91 Å². The first-order chi connectivity index (χ1) is 14.0. The van der Waals surface area contributed by atoms with Gasteiger partial charge < -0.3 is 20.1 Å². The van der Waals surface area contributed by atoms with Crippen molar-refractivity contribution in [2.24, 2.45) is 11.7 Å². The number of likely N-dealkylation sites (tertiary alicyclic amines) is 1. The Labute approximate surface area is 176 Å². The predicted octanol–water partition coefficient (Wildman–Crippen LogP) is 2.76. The van der Waals surface area contributed by atoms with Crippen LogP contribution < -0.4 is 5.73 Å². The number of halogens is 2. The smallest absolute Gasteiger partial charge is 0.274 e. The second-order valence-corrected chi connectivity index (χ2v) is 8.26. The Morgan fingerprint density at radius 1 is 1.31 bits per heavy atom. The standard InChI is InChI=1S/C21H22BrFN4O2/c22-17-8-16(23)10-27-11-18(25-20(17)27)21(29)26-6-5-14(19(28)12-26)7-13-3-1-2-4-15(13)9-24/h1-4,8,10-11,14,19,28H,5-7,9,12,24H2/t14?,19-/m1/s1. The number of nitrogens with zero attached hydrogens (tertiary/aromatic N) is 3. The number of hydrogen-bond acceptors (Lipinski definition) is 4. The van der Waals surface area contributed by atoms with E-state index in [0.717, 1.165) is 17.5 Å². The zero-order chi connectivity index (χ0) is 20.5. The molecule has 1 saturated heterocycles. The highest BCUT2D eigenvalue weighted by molar-refractivity contribution is 9.10. The highest BCUT2D eigenvalue weighted by Crippen LogP contribution is 2.25. The van der Waals surface area contributed by atoms with Crippen LogP contribution in [0.4, 0.5) is 4.39 Å². The molecule has 6 nitrogen and oxygen atoms in total. The van der Waals surface area contributed by atoms with E-state index in [9.17, 15) is 14.3 Å². The van der Waals surface area contributed by atoms with Crippen LogP contribution in [0.2, 0.25) is 0 Å². The lowest BCUT2D eigenvalue weighted by Crippen LogP contribution is -2.47. The second kappa shape index (κ2) is 8.22. The van der Waals surface area contributed by atoms with Crippen LogP contribution >= 0.6 is 15.9 Å². The fraction of sp³-hybridized carbons (Fsp3) is 0.333. The van der Waals surface area contributed by atoms with Crippen LogP contribution in [0.1, 0.15) is 28.0 Å². The number of nitrogens with two attached hydrogens (primary N) is 1. The Balaban J connectivity index is 1.47. The van der Waals surface area contributed by atoms with Crippen molar-refractivity contribution >= 4 is 27.5 Å². The molecule has 0 spiro atoms. The first-order valence-corrected chi connectivity index (χ1v) is 10.3. The Kier molecular flexibility index (Phi) is 5.67. The Bertz CT molecular complexity index is 1050. The number of aliphatic hydroxyl groups excluding tert-OH is 1. The number of amides is 1. The van der Waals surface area contributed by atoms with Crippen LogP contribution in [0.5, 0.6) is 0 Å². The minimum absolute atomic E-state index is 0.0658. The van der Waals surface area contributed by atoms with Gasteiger partial charge in [0.15, 0.2) is 5.65 Å². The van der Waals surface area contributed by atoms with Crippen molar-refractivity contribution in [2.45, 2.75) is 25.5 Å². The Morgan fingerprint density at radius 3 is 2.79 bits per heavy atom. The van der Waals surface area contributed by atoms with Gasteiger partial charge in [-0.3, -0.25) is 4.79 Å². The lowest BCUT2D eigenvalue weighted by Gasteiger charge is -2.36. The van der Waals surface area contributed by atoms with Crippen LogP contribution in [0.15, 0.2) is 47.2 Å². The van der Waals surface area contributed by atoms with Gasteiger partial charge in [-0.05, 0) is 51.9 Å². The molecule has 0 bridgehead atoms. The van der Waals surface area contributed by atoms with E-state index in [4.69, 9.17) is 5.73 Å². The molecule has 1 aliphatic heterocycles. The summed E-state index contributed by atoms with van der Waals surface area (Å²) in [5.41, 5.74) is 8.75. The molecule has 1 aromatic carbocycles. The fourth-order valence-corrected chi connectivity index (χ4v) is 4.44. The quantitative estimate of drug-likeness (QED) is 0.626. The van der Waals surface area contributed by atoms with E-state index < -0.39 is 11.9 Å². The minimum Gasteiger partial charge on any atom is -0.391 e. The van der Waals surface area contributed by atoms with E-state index in [1.807, 2.05) is 24.3 Å². The summed E-state index contributed by atoms with van der Waals surface area (Å²) in [4.78, 5) is 18.8. The van der Waals surface area contributed by atoms with Crippen molar-refractivity contribution in [2.75, 3.05) is 13.1 Å². The third kappa shape index (κ3) is 4.05. The maximum Gasteiger partial charge on any atom is 0.274 e. The summed E-state index contributed by atoms with van der Waals surface area (Å²) in [6, 6.07) is 9.29. The molecule has 3 aromatic rings. The maximum atomic E-state index is 13.6. The summed E-state index contributed by atoms with van der Waals surface area (Å²) >= 11 is 3.27. The lowest BCUT2D eigenvalue weighted by atomic mass is 9.86. The molecular formula is C21H22BrFN4O2. The number of β-amino-alcohol motifs (C(OH)–C–C–N with tert-alkyl or cyclic N) is 1. The largest absolute Gasteiger partial charge is 0.391 e. The number of carbonyl (C=O) groups is 1. The third-order valence-corrected chi connectivity index (χ3v) is 6.10. The Morgan fingerprint density at radius 2 is 2.07 bits per heavy atom. The van der Waals surface area contributed by atoms with E-state index in [2.05, 4.69) is 20.9 Å². The number of aliphatic hydroxyl groups is 1. The molecule has 1 fully saturated rings. The van der Waals surface area contributed by atoms with Crippen molar-refractivity contribution < 1.29 is 14.3 Å². The monoisotopic (exact) mass is 460 g/mol. The van der Waals surface area contributed by atoms with Crippen LogP contribution in [-0.4, -0.2) is 44.5 Å². The molecule has 8 heteroatoms. The summed E-state index contributed by atoms with van der Waals surface area (Å²) in [5.74, 6) is -0.619. The van der Waals surface area contributed by atoms with Crippen LogP contribution in [-0.2, 0) is 13.0 Å². The second-order valence-electron chi connectivity index (χ2n) is 7.41. The molecule has 3 heterocycles. The fourth-order valence-electron chi connectivity index (χ4n) is 3.93. The molecule has 2 aromatic heterocycles. The average Bonchev–Trinajstić information content (AvgIpc) is 3.13. The molecule has 1 aliphatic rings. The van der Waals surface area contributed by atoms with Gasteiger partial charge >= 0.3 is 0 Å². The zero-order valence-electron chi connectivity index (χ0n) is 15.8. The van der Waals surface area contributed by atoms with Gasteiger partial charge in [-0.25, -0.2) is 9.37 Å². The lowest BCUT2D eigenvalue weighted by molar-refractivity contribution is 0.0194. The highest BCUT2D eigenvalue weighted by Gasteiger charge is 2.32. The van der Waals surface area contributed by atoms with Crippen LogP contribution in [0.25, 0.3) is 5.65 Å². The van der Waals surface area contributed by atoms with Crippen molar-refractivity contribution in [3.63, 3.8) is 0 Å². The molecule has 3 N–H and O–H groups in total. The van der Waals surface area contributed by atoms with Gasteiger partial charge in [-0.15, -0.1) is 0 Å². The van der Waals surface area contributed by atoms with Crippen LogP contribution in [0, 0.1) is 11.7 Å². The van der Waals surface area contributed by atoms with Crippen molar-refractivity contribution in [3.8, 4) is 0 Å². The van der Waals surface area contributed by atoms with Crippen molar-refractivity contribution in [3.05, 3.63) is 69.8 Å². The zero-order valence-corrected chi connectivity index (χ0v) is 17.3. The molecule has 29 heavy (non-hydrogen) atoms. The van der Waals surface area contributed by atoms with Crippen LogP contribution in [0.3, 0.4) is 0 Å². The van der Waals surface area contributed by atoms with Gasteiger partial charge in [-0.2, -0.15) is 0 Å². The summed E-state index contributed by atoms with van der Waals surface area (Å²) in [7, 11) is 0. The first kappa shape index (κ1) is 20.0. The van der Waals surface area contributed by atoms with E-state index in [1.54, 1.807) is 4.90 Å². The van der Waals surface area contributed by atoms with Gasteiger partial charge in [0.1, 0.15) is 11.5 Å². The number of aromatic nitrogens is 2. The molecule has 1 unspecified atom stereocenters. The Hall–Kier alpha value is -2.29. The number of carbonyl (C=O) groups excluding carboxylic acids is 1. The van der Waals surface area contributed by atoms with Gasteiger partial charge in [0.2, 0.25) is 0 Å². The number of fused-ring (bicyclic) bond motifs is 1. The normalized spacial score (nSPS) is 19.7. The van der Waals surface area contributed by atoms with E-state index in [0.29, 0.717) is 29.6 Å². The molecular weight excluding hydrogens is 439 g/mol. The predicted molar refractivity (Wildman–Crippen MR) is 111 cm³/mol. The summed E-state index contributed by atoms with van der Waals surface area (Å²) in [6.07, 6.45) is 3.59. The van der Waals surface area contributed by atoms with E-state index >= 15 is 0 Å².